The van der Waals surface area contributed by atoms with Crippen molar-refractivity contribution < 1.29 is 45.3 Å². The molecule has 15 nitrogen and oxygen atoms in total. The van der Waals surface area contributed by atoms with Crippen LogP contribution in [0.25, 0.3) is 55.5 Å². The number of ether oxygens (including phenoxy) is 2. The van der Waals surface area contributed by atoms with Crippen molar-refractivity contribution in [1.29, 1.82) is 0 Å². The number of methoxy groups -OCH3 is 2. The number of aromatic nitrogens is 9. The van der Waals surface area contributed by atoms with Gasteiger partial charge in [-0.15, -0.1) is 0 Å². The molecule has 0 atom stereocenters. The Hall–Kier alpha value is -6.49. The number of hydrogen-bond acceptors (Lipinski definition) is 11. The van der Waals surface area contributed by atoms with Gasteiger partial charge in [-0.05, 0) is 109 Å². The molecule has 0 saturated carbocycles. The number of rotatable bonds is 5. The summed E-state index contributed by atoms with van der Waals surface area (Å²) in [5, 5.41) is 25.1. The van der Waals surface area contributed by atoms with Crippen molar-refractivity contribution in [2.75, 3.05) is 14.2 Å². The number of carbonyl (C=O) groups excluding carboxylic acids is 2. The molecule has 336 valence electrons. The number of pyridine rings is 3. The molecule has 18 heteroatoms. The van der Waals surface area contributed by atoms with E-state index in [2.05, 4.69) is 70.7 Å². The normalized spacial score (nSPS) is 10.2. The summed E-state index contributed by atoms with van der Waals surface area (Å²) in [6.45, 7) is 5.82. The zero-order valence-corrected chi connectivity index (χ0v) is 43.0. The van der Waals surface area contributed by atoms with Crippen molar-refractivity contribution in [1.82, 2.24) is 44.3 Å². The van der Waals surface area contributed by atoms with E-state index in [-0.39, 0.29) is 24.9 Å². The number of carboxylic acid groups (broad SMARTS) is 1. The number of fused-ring (bicyclic) bond motifs is 3. The molecular formula is C48H47Br2N9O6Zn. The molecule has 66 heavy (non-hydrogen) atoms. The standard InChI is InChI=1S/C16H15N3O2.C15H13N3O2.C10H9BrN2O2.C6H6N.CH4.BrH.Zn/c1-10-5-4-6-13(17-10)15-12-8-7-11(16(20)21-3)9-14(12)19(2)18-15;1-9-4-3-5-12(16-9)14-11-7-6-10(15(19)20)8-13(11)18(2)17-14;1-13-8-5-6(10(14)15-2)3-4-7(8)9(11)12-13;1-6-4-2-3-5-7-6;;;/h4-9H,1-3H3;3-8H,1-2H3,(H,19,20);3-5H,1-2H3;2-4H,1H3;1H4;1H;/q;;;-1;;;+2/p-1. The third kappa shape index (κ3) is 12.6. The molecule has 0 unspecified atom stereocenters. The second kappa shape index (κ2) is 24.2. The Morgan fingerprint density at radius 3 is 1.39 bits per heavy atom. The number of aromatic carboxylic acids is 1. The second-order valence-electron chi connectivity index (χ2n) is 14.1. The van der Waals surface area contributed by atoms with Gasteiger partial charge in [0.25, 0.3) is 0 Å². The van der Waals surface area contributed by atoms with E-state index in [0.29, 0.717) is 11.1 Å². The summed E-state index contributed by atoms with van der Waals surface area (Å²) in [6, 6.07) is 33.0. The van der Waals surface area contributed by atoms with E-state index in [1.165, 1.54) is 30.6 Å². The number of benzene rings is 3. The van der Waals surface area contributed by atoms with Gasteiger partial charge in [0, 0.05) is 48.7 Å². The molecule has 6 aromatic heterocycles. The van der Waals surface area contributed by atoms with Crippen LogP contribution in [-0.4, -0.2) is 81.5 Å². The van der Waals surface area contributed by atoms with Crippen molar-refractivity contribution >= 4 is 80.2 Å². The summed E-state index contributed by atoms with van der Waals surface area (Å²) in [4.78, 5) is 46.8. The van der Waals surface area contributed by atoms with E-state index in [4.69, 9.17) is 9.84 Å². The van der Waals surface area contributed by atoms with E-state index in [1.807, 2.05) is 95.5 Å². The van der Waals surface area contributed by atoms with Crippen LogP contribution in [0.4, 0.5) is 0 Å². The van der Waals surface area contributed by atoms with Crippen molar-refractivity contribution in [2.45, 2.75) is 28.2 Å². The van der Waals surface area contributed by atoms with Crippen LogP contribution >= 0.6 is 29.6 Å². The van der Waals surface area contributed by atoms with Gasteiger partial charge in [0.2, 0.25) is 0 Å². The molecule has 9 aromatic rings. The van der Waals surface area contributed by atoms with Crippen molar-refractivity contribution in [3.8, 4) is 22.8 Å². The number of esters is 2. The molecule has 0 amide bonds. The van der Waals surface area contributed by atoms with Gasteiger partial charge in [-0.25, -0.2) is 14.4 Å². The Labute approximate surface area is 407 Å². The first-order valence-corrected chi connectivity index (χ1v) is 27.3. The van der Waals surface area contributed by atoms with E-state index < -0.39 is 5.97 Å². The number of carboxylic acids is 1. The summed E-state index contributed by atoms with van der Waals surface area (Å²) < 4.78 is 15.3. The summed E-state index contributed by atoms with van der Waals surface area (Å²) in [6.07, 6.45) is 2.71. The molecule has 0 saturated heterocycles. The number of hydrogen-bond donors (Lipinski definition) is 1. The van der Waals surface area contributed by atoms with E-state index in [0.717, 1.165) is 77.2 Å². The molecule has 9 rings (SSSR count). The van der Waals surface area contributed by atoms with Crippen molar-refractivity contribution in [2.24, 2.45) is 21.1 Å². The molecule has 0 bridgehead atoms. The molecule has 3 aromatic carbocycles. The van der Waals surface area contributed by atoms with Crippen LogP contribution in [0.3, 0.4) is 0 Å². The van der Waals surface area contributed by atoms with Crippen LogP contribution in [0, 0.1) is 27.0 Å². The van der Waals surface area contributed by atoms with E-state index in [1.54, 1.807) is 69.6 Å². The SMILES string of the molecule is C.COC(=O)c1ccc2c(-c3cccc(C)n3)nn(C)c2c1.COC(=O)c1ccc2c(Br)nn(C)c2c1.Cc1ccc[c-]n1.Cc1cccc(-c2nn(C)c3cc(C(=O)O)ccc23)n1.[Zn+][Br]. The zero-order chi connectivity index (χ0) is 47.4. The van der Waals surface area contributed by atoms with Gasteiger partial charge in [-0.3, -0.25) is 24.0 Å². The Bertz CT molecular complexity index is 3120. The molecule has 1 N–H and O–H groups in total. The van der Waals surface area contributed by atoms with Gasteiger partial charge in [0.15, 0.2) is 0 Å². The van der Waals surface area contributed by atoms with E-state index in [9.17, 15) is 14.4 Å². The fraction of sp³-hybridized carbons (Fsp3) is 0.188. The molecule has 0 aliphatic rings. The summed E-state index contributed by atoms with van der Waals surface area (Å²) in [5.41, 5.74) is 9.91. The fourth-order valence-electron chi connectivity index (χ4n) is 6.49. The maximum absolute atomic E-state index is 11.6. The molecule has 6 heterocycles. The summed E-state index contributed by atoms with van der Waals surface area (Å²) in [5.74, 6) is -1.63. The van der Waals surface area contributed by atoms with Gasteiger partial charge in [-0.2, -0.15) is 33.5 Å². The maximum atomic E-state index is 11.6. The van der Waals surface area contributed by atoms with Crippen LogP contribution in [0.15, 0.2) is 114 Å². The van der Waals surface area contributed by atoms with Gasteiger partial charge in [0.05, 0.1) is 58.8 Å². The predicted octanol–water partition coefficient (Wildman–Crippen LogP) is 10.2. The zero-order valence-electron chi connectivity index (χ0n) is 36.9. The second-order valence-corrected chi connectivity index (χ2v) is 14.8. The van der Waals surface area contributed by atoms with Crippen LogP contribution in [0.5, 0.6) is 0 Å². The van der Waals surface area contributed by atoms with Crippen molar-refractivity contribution in [3.63, 3.8) is 0 Å². The third-order valence-corrected chi connectivity index (χ3v) is 10.2. The van der Waals surface area contributed by atoms with Crippen LogP contribution < -0.4 is 0 Å². The molecule has 0 aliphatic heterocycles. The van der Waals surface area contributed by atoms with Gasteiger partial charge >= 0.3 is 47.9 Å². The number of halogens is 2. The first-order chi connectivity index (χ1) is 31.2. The van der Waals surface area contributed by atoms with Crippen molar-refractivity contribution in [3.05, 3.63) is 154 Å². The fourth-order valence-corrected chi connectivity index (χ4v) is 7.06. The van der Waals surface area contributed by atoms with Gasteiger partial charge < -0.3 is 19.6 Å². The topological polar surface area (TPSA) is 182 Å². The monoisotopic (exact) mass is 1070 g/mol. The number of nitrogens with zero attached hydrogens (tertiary/aromatic N) is 9. The van der Waals surface area contributed by atoms with Gasteiger partial charge in [0.1, 0.15) is 16.0 Å². The third-order valence-electron chi connectivity index (χ3n) is 9.61. The van der Waals surface area contributed by atoms with E-state index >= 15 is 0 Å². The first-order valence-electron chi connectivity index (χ1n) is 19.6. The molecule has 0 aliphatic carbocycles. The molecule has 0 radical (unpaired) electrons. The average molecular weight is 1070 g/mol. The molecule has 0 spiro atoms. The Morgan fingerprint density at radius 1 is 0.591 bits per heavy atom. The van der Waals surface area contributed by atoms with Crippen LogP contribution in [-0.2, 0) is 47.0 Å². The average Bonchev–Trinajstić information content (AvgIpc) is 3.94. The minimum atomic E-state index is -0.941. The molecular weight excluding hydrogens is 1020 g/mol. The summed E-state index contributed by atoms with van der Waals surface area (Å²) in [7, 11) is 8.22. The number of carbonyl (C=O) groups is 3. The Kier molecular flexibility index (Phi) is 19.1. The van der Waals surface area contributed by atoms with Crippen LogP contribution in [0.2, 0.25) is 0 Å². The Morgan fingerprint density at radius 2 is 1.00 bits per heavy atom. The predicted molar refractivity (Wildman–Crippen MR) is 259 cm³/mol. The molecule has 0 fully saturated rings. The minimum absolute atomic E-state index is 0. The quantitative estimate of drug-likeness (QED) is 0.0980. The number of aryl methyl sites for hydroxylation is 6. The Balaban J connectivity index is 0.000000198. The summed E-state index contributed by atoms with van der Waals surface area (Å²) >= 11 is 7.60. The van der Waals surface area contributed by atoms with Crippen LogP contribution in [0.1, 0.15) is 55.6 Å². The van der Waals surface area contributed by atoms with Gasteiger partial charge in [-0.1, -0.05) is 38.4 Å². The first kappa shape index (κ1) is 52.1.